The lowest BCUT2D eigenvalue weighted by atomic mass is 9.98. The smallest absolute Gasteiger partial charge is 0.266 e. The fourth-order valence-corrected chi connectivity index (χ4v) is 5.29. The number of hydrogen-bond donors (Lipinski definition) is 0. The van der Waals surface area contributed by atoms with Gasteiger partial charge in [0.2, 0.25) is 5.91 Å². The number of benzene rings is 2. The lowest BCUT2D eigenvalue weighted by Crippen LogP contribution is -2.48. The summed E-state index contributed by atoms with van der Waals surface area (Å²) < 4.78 is 7.13. The number of rotatable bonds is 6. The normalized spacial score (nSPS) is 18.7. The highest BCUT2D eigenvalue weighted by Gasteiger charge is 2.29. The van der Waals surface area contributed by atoms with E-state index in [-0.39, 0.29) is 29.3 Å². The highest BCUT2D eigenvalue weighted by atomic mass is 32.2. The van der Waals surface area contributed by atoms with Crippen molar-refractivity contribution in [3.8, 4) is 11.4 Å². The molecule has 6 nitrogen and oxygen atoms in total. The van der Waals surface area contributed by atoms with E-state index >= 15 is 0 Å². The largest absolute Gasteiger partial charge is 0.494 e. The van der Waals surface area contributed by atoms with E-state index in [0.717, 1.165) is 25.0 Å². The number of para-hydroxylation sites is 1. The summed E-state index contributed by atoms with van der Waals surface area (Å²) in [7, 11) is 0. The summed E-state index contributed by atoms with van der Waals surface area (Å²) in [6.07, 6.45) is 3.22. The lowest BCUT2D eigenvalue weighted by molar-refractivity contribution is -0.134. The Morgan fingerprint density at radius 3 is 2.47 bits per heavy atom. The van der Waals surface area contributed by atoms with Crippen LogP contribution < -0.4 is 10.3 Å². The minimum atomic E-state index is -0.144. The number of carbonyl (C=O) groups is 1. The first-order chi connectivity index (χ1) is 15.5. The van der Waals surface area contributed by atoms with E-state index in [1.165, 1.54) is 11.8 Å². The molecule has 1 saturated heterocycles. The predicted molar refractivity (Wildman–Crippen MR) is 129 cm³/mol. The van der Waals surface area contributed by atoms with Gasteiger partial charge in [0, 0.05) is 12.1 Å². The molecular weight excluding hydrogens is 422 g/mol. The Bertz CT molecular complexity index is 1150. The third-order valence-electron chi connectivity index (χ3n) is 5.96. The van der Waals surface area contributed by atoms with Crippen LogP contribution in [0.25, 0.3) is 16.6 Å². The molecule has 3 aromatic rings. The van der Waals surface area contributed by atoms with Gasteiger partial charge in [-0.25, -0.2) is 4.98 Å². The maximum absolute atomic E-state index is 13.4. The second kappa shape index (κ2) is 9.77. The number of fused-ring (bicyclic) bond motifs is 1. The molecule has 0 aliphatic carbocycles. The molecule has 0 radical (unpaired) electrons. The van der Waals surface area contributed by atoms with Crippen molar-refractivity contribution >= 4 is 28.6 Å². The Balaban J connectivity index is 1.69. The first kappa shape index (κ1) is 22.4. The summed E-state index contributed by atoms with van der Waals surface area (Å²) in [6, 6.07) is 15.2. The molecule has 2 atom stereocenters. The SMILES string of the molecule is CCOc1ccc(-n2c(SCC(=O)N3[C@H](C)CCC[C@H]3C)nc3ccccc3c2=O)cc1. The maximum atomic E-state index is 13.4. The first-order valence-electron chi connectivity index (χ1n) is 11.2. The monoisotopic (exact) mass is 451 g/mol. The van der Waals surface area contributed by atoms with Gasteiger partial charge in [-0.05, 0) is 76.4 Å². The van der Waals surface area contributed by atoms with Crippen LogP contribution in [0.4, 0.5) is 0 Å². The van der Waals surface area contributed by atoms with Crippen molar-refractivity contribution in [3.63, 3.8) is 0 Å². The van der Waals surface area contributed by atoms with Crippen LogP contribution in [0.5, 0.6) is 5.75 Å². The fraction of sp³-hybridized carbons (Fsp3) is 0.400. The molecular formula is C25H29N3O3S. The minimum Gasteiger partial charge on any atom is -0.494 e. The molecule has 2 heterocycles. The molecule has 0 spiro atoms. The molecule has 0 N–H and O–H groups in total. The number of ether oxygens (including phenoxy) is 1. The van der Waals surface area contributed by atoms with E-state index in [2.05, 4.69) is 13.8 Å². The quantitative estimate of drug-likeness (QED) is 0.403. The van der Waals surface area contributed by atoms with Crippen LogP contribution in [-0.4, -0.2) is 44.8 Å². The van der Waals surface area contributed by atoms with Crippen molar-refractivity contribution in [1.29, 1.82) is 0 Å². The van der Waals surface area contributed by atoms with Crippen molar-refractivity contribution in [2.75, 3.05) is 12.4 Å². The Hall–Kier alpha value is -2.80. The molecule has 1 aliphatic rings. The van der Waals surface area contributed by atoms with Crippen LogP contribution in [0, 0.1) is 0 Å². The number of likely N-dealkylation sites (tertiary alicyclic amines) is 1. The zero-order chi connectivity index (χ0) is 22.7. The van der Waals surface area contributed by atoms with Crippen molar-refractivity contribution in [1.82, 2.24) is 14.5 Å². The zero-order valence-electron chi connectivity index (χ0n) is 18.8. The van der Waals surface area contributed by atoms with Gasteiger partial charge in [0.05, 0.1) is 29.0 Å². The first-order valence-corrected chi connectivity index (χ1v) is 12.2. The van der Waals surface area contributed by atoms with Crippen LogP contribution in [0.15, 0.2) is 58.5 Å². The second-order valence-corrected chi connectivity index (χ2v) is 9.14. The summed E-state index contributed by atoms with van der Waals surface area (Å²) in [6.45, 7) is 6.74. The summed E-state index contributed by atoms with van der Waals surface area (Å²) >= 11 is 1.32. The molecule has 4 rings (SSSR count). The van der Waals surface area contributed by atoms with Gasteiger partial charge < -0.3 is 9.64 Å². The number of nitrogens with zero attached hydrogens (tertiary/aromatic N) is 3. The third kappa shape index (κ3) is 4.53. The van der Waals surface area contributed by atoms with Crippen LogP contribution in [0.3, 0.4) is 0 Å². The molecule has 1 amide bonds. The van der Waals surface area contributed by atoms with Gasteiger partial charge in [-0.2, -0.15) is 0 Å². The van der Waals surface area contributed by atoms with Gasteiger partial charge in [0.15, 0.2) is 5.16 Å². The summed E-state index contributed by atoms with van der Waals surface area (Å²) in [5.74, 6) is 1.09. The number of piperidine rings is 1. The number of amides is 1. The molecule has 32 heavy (non-hydrogen) atoms. The van der Waals surface area contributed by atoms with Gasteiger partial charge in [-0.15, -0.1) is 0 Å². The van der Waals surface area contributed by atoms with Crippen LogP contribution >= 0.6 is 11.8 Å². The van der Waals surface area contributed by atoms with Gasteiger partial charge >= 0.3 is 0 Å². The topological polar surface area (TPSA) is 64.4 Å². The van der Waals surface area contributed by atoms with Crippen LogP contribution in [0.1, 0.15) is 40.0 Å². The molecule has 1 fully saturated rings. The van der Waals surface area contributed by atoms with E-state index in [1.807, 2.05) is 54.3 Å². The van der Waals surface area contributed by atoms with Crippen LogP contribution in [0.2, 0.25) is 0 Å². The fourth-order valence-electron chi connectivity index (χ4n) is 4.41. The molecule has 2 aromatic carbocycles. The van der Waals surface area contributed by atoms with E-state index < -0.39 is 0 Å². The molecule has 7 heteroatoms. The van der Waals surface area contributed by atoms with Gasteiger partial charge in [-0.1, -0.05) is 23.9 Å². The number of thioether (sulfide) groups is 1. The Morgan fingerprint density at radius 1 is 1.09 bits per heavy atom. The standard InChI is InChI=1S/C25H29N3O3S/c1-4-31-20-14-12-19(13-15-20)28-24(30)21-10-5-6-11-22(21)26-25(28)32-16-23(29)27-17(2)8-7-9-18(27)3/h5-6,10-15,17-18H,4,7-9,16H2,1-3H3/t17-,18-/m1/s1. The van der Waals surface area contributed by atoms with Gasteiger partial charge in [0.1, 0.15) is 5.75 Å². The summed E-state index contributed by atoms with van der Waals surface area (Å²) in [4.78, 5) is 33.2. The predicted octanol–water partition coefficient (Wildman–Crippen LogP) is 4.67. The Labute approximate surface area is 192 Å². The van der Waals surface area contributed by atoms with E-state index in [4.69, 9.17) is 9.72 Å². The van der Waals surface area contributed by atoms with Gasteiger partial charge in [-0.3, -0.25) is 14.2 Å². The van der Waals surface area contributed by atoms with Gasteiger partial charge in [0.25, 0.3) is 5.56 Å². The Kier molecular flexibility index (Phi) is 6.84. The van der Waals surface area contributed by atoms with E-state index in [0.29, 0.717) is 28.4 Å². The summed E-state index contributed by atoms with van der Waals surface area (Å²) in [5, 5.41) is 1.07. The highest BCUT2D eigenvalue weighted by Crippen LogP contribution is 2.26. The van der Waals surface area contributed by atoms with Crippen molar-refractivity contribution in [3.05, 3.63) is 58.9 Å². The molecule has 168 valence electrons. The highest BCUT2D eigenvalue weighted by molar-refractivity contribution is 7.99. The minimum absolute atomic E-state index is 0.0929. The molecule has 1 aliphatic heterocycles. The van der Waals surface area contributed by atoms with Crippen LogP contribution in [-0.2, 0) is 4.79 Å². The number of carbonyl (C=O) groups excluding carboxylic acids is 1. The van der Waals surface area contributed by atoms with Crippen molar-refractivity contribution in [2.45, 2.75) is 57.3 Å². The summed E-state index contributed by atoms with van der Waals surface area (Å²) in [5.41, 5.74) is 1.19. The molecule has 0 bridgehead atoms. The Morgan fingerprint density at radius 2 is 1.78 bits per heavy atom. The van der Waals surface area contributed by atoms with Crippen molar-refractivity contribution in [2.24, 2.45) is 0 Å². The van der Waals surface area contributed by atoms with E-state index in [9.17, 15) is 9.59 Å². The molecule has 0 unspecified atom stereocenters. The average molecular weight is 452 g/mol. The molecule has 1 aromatic heterocycles. The third-order valence-corrected chi connectivity index (χ3v) is 6.88. The number of hydrogen-bond acceptors (Lipinski definition) is 5. The average Bonchev–Trinajstić information content (AvgIpc) is 2.79. The molecule has 0 saturated carbocycles. The zero-order valence-corrected chi connectivity index (χ0v) is 19.6. The second-order valence-electron chi connectivity index (χ2n) is 8.20. The lowest BCUT2D eigenvalue weighted by Gasteiger charge is -2.39. The number of aromatic nitrogens is 2. The van der Waals surface area contributed by atoms with Crippen molar-refractivity contribution < 1.29 is 9.53 Å². The maximum Gasteiger partial charge on any atom is 0.266 e. The van der Waals surface area contributed by atoms with E-state index in [1.54, 1.807) is 10.6 Å².